The van der Waals surface area contributed by atoms with Crippen molar-refractivity contribution in [2.45, 2.75) is 13.0 Å². The number of benzene rings is 2. The van der Waals surface area contributed by atoms with E-state index in [2.05, 4.69) is 5.32 Å². The molecule has 1 N–H and O–H groups in total. The van der Waals surface area contributed by atoms with Crippen molar-refractivity contribution >= 4 is 12.0 Å². The first-order valence-corrected chi connectivity index (χ1v) is 6.44. The summed E-state index contributed by atoms with van der Waals surface area (Å²) >= 11 is 0. The third-order valence-corrected chi connectivity index (χ3v) is 2.96. The molecule has 0 bridgehead atoms. The SMILES string of the molecule is CC(NC(=O)/C=C/c1ccc(F)cc1)c1ccccc1. The molecule has 0 heterocycles. The second kappa shape index (κ2) is 6.66. The Bertz CT molecular complexity index is 590. The van der Waals surface area contributed by atoms with E-state index in [1.807, 2.05) is 37.3 Å². The fourth-order valence-corrected chi connectivity index (χ4v) is 1.83. The summed E-state index contributed by atoms with van der Waals surface area (Å²) in [6, 6.07) is 15.7. The Morgan fingerprint density at radius 1 is 1.10 bits per heavy atom. The van der Waals surface area contributed by atoms with Crippen LogP contribution in [0.5, 0.6) is 0 Å². The van der Waals surface area contributed by atoms with Crippen molar-refractivity contribution in [3.05, 3.63) is 77.6 Å². The largest absolute Gasteiger partial charge is 0.346 e. The predicted molar refractivity (Wildman–Crippen MR) is 78.4 cm³/mol. The van der Waals surface area contributed by atoms with Gasteiger partial charge in [-0.05, 0) is 36.3 Å². The number of carbonyl (C=O) groups is 1. The Hall–Kier alpha value is -2.42. The van der Waals surface area contributed by atoms with E-state index >= 15 is 0 Å². The van der Waals surface area contributed by atoms with Crippen molar-refractivity contribution in [3.63, 3.8) is 0 Å². The van der Waals surface area contributed by atoms with Crippen molar-refractivity contribution in [1.82, 2.24) is 5.32 Å². The number of amides is 1. The third-order valence-electron chi connectivity index (χ3n) is 2.96. The van der Waals surface area contributed by atoms with Gasteiger partial charge in [-0.15, -0.1) is 0 Å². The van der Waals surface area contributed by atoms with Gasteiger partial charge in [0.1, 0.15) is 5.82 Å². The topological polar surface area (TPSA) is 29.1 Å². The molecule has 1 amide bonds. The molecule has 2 aromatic carbocycles. The monoisotopic (exact) mass is 269 g/mol. The second-order valence-electron chi connectivity index (χ2n) is 4.53. The first-order chi connectivity index (χ1) is 9.65. The van der Waals surface area contributed by atoms with Crippen molar-refractivity contribution < 1.29 is 9.18 Å². The predicted octanol–water partition coefficient (Wildman–Crippen LogP) is 3.72. The second-order valence-corrected chi connectivity index (χ2v) is 4.53. The van der Waals surface area contributed by atoms with E-state index in [1.165, 1.54) is 18.2 Å². The number of rotatable bonds is 4. The van der Waals surface area contributed by atoms with E-state index in [9.17, 15) is 9.18 Å². The zero-order valence-corrected chi connectivity index (χ0v) is 11.2. The molecule has 1 atom stereocenters. The molecular formula is C17H16FNO. The van der Waals surface area contributed by atoms with E-state index in [1.54, 1.807) is 18.2 Å². The van der Waals surface area contributed by atoms with Crippen LogP contribution < -0.4 is 5.32 Å². The maximum atomic E-state index is 12.7. The summed E-state index contributed by atoms with van der Waals surface area (Å²) in [7, 11) is 0. The summed E-state index contributed by atoms with van der Waals surface area (Å²) in [5.74, 6) is -0.463. The number of nitrogens with one attached hydrogen (secondary N) is 1. The number of hydrogen-bond acceptors (Lipinski definition) is 1. The fourth-order valence-electron chi connectivity index (χ4n) is 1.83. The highest BCUT2D eigenvalue weighted by Crippen LogP contribution is 2.11. The van der Waals surface area contributed by atoms with E-state index in [0.717, 1.165) is 11.1 Å². The highest BCUT2D eigenvalue weighted by molar-refractivity contribution is 5.91. The molecule has 1 unspecified atom stereocenters. The van der Waals surface area contributed by atoms with Gasteiger partial charge in [0.25, 0.3) is 0 Å². The van der Waals surface area contributed by atoms with Gasteiger partial charge in [0.05, 0.1) is 6.04 Å². The first-order valence-electron chi connectivity index (χ1n) is 6.44. The minimum atomic E-state index is -0.288. The van der Waals surface area contributed by atoms with Crippen molar-refractivity contribution in [1.29, 1.82) is 0 Å². The average Bonchev–Trinajstić information content (AvgIpc) is 2.47. The minimum absolute atomic E-state index is 0.0541. The maximum Gasteiger partial charge on any atom is 0.244 e. The molecule has 3 heteroatoms. The average molecular weight is 269 g/mol. The summed E-state index contributed by atoms with van der Waals surface area (Å²) in [6.45, 7) is 1.93. The molecule has 0 fully saturated rings. The van der Waals surface area contributed by atoms with Crippen molar-refractivity contribution in [3.8, 4) is 0 Å². The molecule has 102 valence electrons. The Morgan fingerprint density at radius 2 is 1.75 bits per heavy atom. The molecule has 2 rings (SSSR count). The van der Waals surface area contributed by atoms with Crippen molar-refractivity contribution in [2.75, 3.05) is 0 Å². The van der Waals surface area contributed by atoms with Crippen LogP contribution in [0.25, 0.3) is 6.08 Å². The smallest absolute Gasteiger partial charge is 0.244 e. The quantitative estimate of drug-likeness (QED) is 0.842. The van der Waals surface area contributed by atoms with Crippen LogP contribution in [0.4, 0.5) is 4.39 Å². The molecular weight excluding hydrogens is 253 g/mol. The summed E-state index contributed by atoms with van der Waals surface area (Å²) in [5.41, 5.74) is 1.84. The van der Waals surface area contributed by atoms with Gasteiger partial charge in [0, 0.05) is 6.08 Å². The van der Waals surface area contributed by atoms with Gasteiger partial charge in [-0.25, -0.2) is 4.39 Å². The fraction of sp³-hybridized carbons (Fsp3) is 0.118. The molecule has 0 aliphatic rings. The van der Waals surface area contributed by atoms with E-state index < -0.39 is 0 Å². The standard InChI is InChI=1S/C17H16FNO/c1-13(15-5-3-2-4-6-15)19-17(20)12-9-14-7-10-16(18)11-8-14/h2-13H,1H3,(H,19,20)/b12-9+. The van der Waals surface area contributed by atoms with Gasteiger partial charge in [0.15, 0.2) is 0 Å². The molecule has 0 aliphatic heterocycles. The Morgan fingerprint density at radius 3 is 2.40 bits per heavy atom. The summed E-state index contributed by atoms with van der Waals surface area (Å²) < 4.78 is 12.7. The molecule has 0 aliphatic carbocycles. The maximum absolute atomic E-state index is 12.7. The molecule has 20 heavy (non-hydrogen) atoms. The molecule has 0 saturated heterocycles. The molecule has 0 aromatic heterocycles. The summed E-state index contributed by atoms with van der Waals surface area (Å²) in [6.07, 6.45) is 3.11. The zero-order valence-electron chi connectivity index (χ0n) is 11.2. The molecule has 0 radical (unpaired) electrons. The van der Waals surface area contributed by atoms with Gasteiger partial charge >= 0.3 is 0 Å². The molecule has 0 spiro atoms. The van der Waals surface area contributed by atoms with Crippen LogP contribution >= 0.6 is 0 Å². The molecule has 2 nitrogen and oxygen atoms in total. The van der Waals surface area contributed by atoms with Gasteiger partial charge in [-0.2, -0.15) is 0 Å². The lowest BCUT2D eigenvalue weighted by Crippen LogP contribution is -2.24. The Kier molecular flexibility index (Phi) is 4.66. The lowest BCUT2D eigenvalue weighted by molar-refractivity contribution is -0.117. The van der Waals surface area contributed by atoms with Crippen LogP contribution in [0.15, 0.2) is 60.7 Å². The Labute approximate surface area is 118 Å². The summed E-state index contributed by atoms with van der Waals surface area (Å²) in [4.78, 5) is 11.8. The minimum Gasteiger partial charge on any atom is -0.346 e. The van der Waals surface area contributed by atoms with E-state index in [-0.39, 0.29) is 17.8 Å². The number of carbonyl (C=O) groups excluding carboxylic acids is 1. The van der Waals surface area contributed by atoms with Crippen LogP contribution in [-0.2, 0) is 4.79 Å². The van der Waals surface area contributed by atoms with Crippen LogP contribution in [0.3, 0.4) is 0 Å². The first kappa shape index (κ1) is 14.0. The lowest BCUT2D eigenvalue weighted by Gasteiger charge is -2.12. The van der Waals surface area contributed by atoms with Crippen LogP contribution in [-0.4, -0.2) is 5.91 Å². The van der Waals surface area contributed by atoms with Gasteiger partial charge in [0.2, 0.25) is 5.91 Å². The van der Waals surface area contributed by atoms with Crippen molar-refractivity contribution in [2.24, 2.45) is 0 Å². The Balaban J connectivity index is 1.94. The number of halogens is 1. The van der Waals surface area contributed by atoms with Crippen LogP contribution in [0, 0.1) is 5.82 Å². The van der Waals surface area contributed by atoms with Gasteiger partial charge in [-0.3, -0.25) is 4.79 Å². The normalized spacial score (nSPS) is 12.3. The number of hydrogen-bond donors (Lipinski definition) is 1. The lowest BCUT2D eigenvalue weighted by atomic mass is 10.1. The van der Waals surface area contributed by atoms with Crippen LogP contribution in [0.2, 0.25) is 0 Å². The highest BCUT2D eigenvalue weighted by Gasteiger charge is 2.06. The van der Waals surface area contributed by atoms with Crippen LogP contribution in [0.1, 0.15) is 24.1 Å². The molecule has 2 aromatic rings. The summed E-state index contributed by atoms with van der Waals surface area (Å²) in [5, 5.41) is 2.88. The van der Waals surface area contributed by atoms with E-state index in [4.69, 9.17) is 0 Å². The van der Waals surface area contributed by atoms with Gasteiger partial charge < -0.3 is 5.32 Å². The van der Waals surface area contributed by atoms with Gasteiger partial charge in [-0.1, -0.05) is 42.5 Å². The highest BCUT2D eigenvalue weighted by atomic mass is 19.1. The molecule has 0 saturated carbocycles. The van der Waals surface area contributed by atoms with E-state index in [0.29, 0.717) is 0 Å². The zero-order chi connectivity index (χ0) is 14.4. The third kappa shape index (κ3) is 4.05.